The molecule has 1 aliphatic heterocycles. The number of ether oxygens (including phenoxy) is 1. The van der Waals surface area contributed by atoms with Crippen LogP contribution in [0.3, 0.4) is 0 Å². The molecule has 2 aromatic carbocycles. The van der Waals surface area contributed by atoms with Crippen molar-refractivity contribution in [1.29, 1.82) is 0 Å². The molecule has 0 N–H and O–H groups in total. The highest BCUT2D eigenvalue weighted by Gasteiger charge is 2.38. The van der Waals surface area contributed by atoms with Crippen molar-refractivity contribution in [2.45, 2.75) is 71.7 Å². The molecule has 0 spiro atoms. The van der Waals surface area contributed by atoms with Crippen LogP contribution in [0.1, 0.15) is 73.0 Å². The van der Waals surface area contributed by atoms with Gasteiger partial charge in [0.25, 0.3) is 5.91 Å². The van der Waals surface area contributed by atoms with Gasteiger partial charge in [-0.3, -0.25) is 19.3 Å². The molecule has 0 radical (unpaired) electrons. The number of rotatable bonds is 8. The molecule has 180 valence electrons. The van der Waals surface area contributed by atoms with Gasteiger partial charge >= 0.3 is 0 Å². The standard InChI is InChI=1S/C28H34N2O4/c1-3-29(4-2)17-20-11-13-21(14-12-20)19-34-27-10-6-8-23-24(27)18-30(28(23)33)25-16-15-22(31)7-5-9-26(25)32/h6,8,10-14,25H,3-5,7,9,15-19H2,1-2H3/t25-/m0/s1. The van der Waals surface area contributed by atoms with Crippen LogP contribution in [0.5, 0.6) is 5.75 Å². The Labute approximate surface area is 201 Å². The van der Waals surface area contributed by atoms with Crippen LogP contribution in [-0.4, -0.2) is 46.4 Å². The van der Waals surface area contributed by atoms with Gasteiger partial charge in [-0.05, 0) is 49.2 Å². The second-order valence-corrected chi connectivity index (χ2v) is 9.19. The number of carbonyl (C=O) groups excluding carboxylic acids is 3. The van der Waals surface area contributed by atoms with Crippen LogP contribution in [0.25, 0.3) is 0 Å². The first-order chi connectivity index (χ1) is 16.5. The lowest BCUT2D eigenvalue weighted by Gasteiger charge is -2.28. The van der Waals surface area contributed by atoms with Gasteiger partial charge in [-0.25, -0.2) is 0 Å². The average molecular weight is 463 g/mol. The summed E-state index contributed by atoms with van der Waals surface area (Å²) in [4.78, 5) is 41.9. The van der Waals surface area contributed by atoms with Crippen molar-refractivity contribution in [3.05, 3.63) is 64.7 Å². The van der Waals surface area contributed by atoms with Crippen LogP contribution < -0.4 is 4.74 Å². The molecule has 1 saturated carbocycles. The average Bonchev–Trinajstić information content (AvgIpc) is 3.18. The number of amides is 1. The third-order valence-electron chi connectivity index (χ3n) is 6.99. The van der Waals surface area contributed by atoms with Crippen LogP contribution in [0.15, 0.2) is 42.5 Å². The summed E-state index contributed by atoms with van der Waals surface area (Å²) in [7, 11) is 0. The zero-order chi connectivity index (χ0) is 24.1. The number of carbonyl (C=O) groups is 3. The van der Waals surface area contributed by atoms with Gasteiger partial charge in [0.15, 0.2) is 5.78 Å². The van der Waals surface area contributed by atoms with Gasteiger partial charge in [0.1, 0.15) is 18.1 Å². The first-order valence-corrected chi connectivity index (χ1v) is 12.4. The number of fused-ring (bicyclic) bond motifs is 1. The minimum absolute atomic E-state index is 0.0564. The zero-order valence-electron chi connectivity index (χ0n) is 20.2. The minimum Gasteiger partial charge on any atom is -0.489 e. The maximum atomic E-state index is 13.2. The van der Waals surface area contributed by atoms with Crippen molar-refractivity contribution in [1.82, 2.24) is 9.80 Å². The van der Waals surface area contributed by atoms with Gasteiger partial charge in [0, 0.05) is 36.9 Å². The van der Waals surface area contributed by atoms with Crippen molar-refractivity contribution >= 4 is 17.5 Å². The van der Waals surface area contributed by atoms with E-state index in [0.717, 1.165) is 30.8 Å². The summed E-state index contributed by atoms with van der Waals surface area (Å²) in [6.45, 7) is 8.08. The molecule has 2 aliphatic rings. The fourth-order valence-corrected chi connectivity index (χ4v) is 4.86. The number of nitrogens with zero attached hydrogens (tertiary/aromatic N) is 2. The van der Waals surface area contributed by atoms with E-state index >= 15 is 0 Å². The van der Waals surface area contributed by atoms with Gasteiger partial charge in [-0.1, -0.05) is 44.2 Å². The summed E-state index contributed by atoms with van der Waals surface area (Å²) in [6.07, 6.45) is 2.15. The molecule has 2 aromatic rings. The first kappa shape index (κ1) is 24.1. The van der Waals surface area contributed by atoms with E-state index in [1.165, 1.54) is 5.56 Å². The fourth-order valence-electron chi connectivity index (χ4n) is 4.86. The second kappa shape index (κ2) is 11.0. The molecule has 0 saturated heterocycles. The van der Waals surface area contributed by atoms with Crippen LogP contribution in [0, 0.1) is 0 Å². The summed E-state index contributed by atoms with van der Waals surface area (Å²) in [5.74, 6) is 0.761. The molecular formula is C28H34N2O4. The third-order valence-corrected chi connectivity index (χ3v) is 6.99. The van der Waals surface area contributed by atoms with E-state index in [1.807, 2.05) is 12.1 Å². The van der Waals surface area contributed by atoms with E-state index in [4.69, 9.17) is 4.74 Å². The SMILES string of the molecule is CCN(CC)Cc1ccc(COc2cccc3c2CN([C@H]2CCC(=O)CCCC2=O)C3=O)cc1. The van der Waals surface area contributed by atoms with Crippen molar-refractivity contribution in [3.63, 3.8) is 0 Å². The van der Waals surface area contributed by atoms with Crippen LogP contribution in [0.4, 0.5) is 0 Å². The van der Waals surface area contributed by atoms with Crippen LogP contribution >= 0.6 is 0 Å². The Morgan fingerprint density at radius 2 is 1.68 bits per heavy atom. The van der Waals surface area contributed by atoms with Crippen molar-refractivity contribution in [2.24, 2.45) is 0 Å². The molecule has 1 amide bonds. The lowest BCUT2D eigenvalue weighted by atomic mass is 9.94. The van der Waals surface area contributed by atoms with Gasteiger partial charge in [-0.2, -0.15) is 0 Å². The summed E-state index contributed by atoms with van der Waals surface area (Å²) in [5, 5.41) is 0. The summed E-state index contributed by atoms with van der Waals surface area (Å²) in [6, 6.07) is 13.4. The molecule has 34 heavy (non-hydrogen) atoms. The molecule has 0 aromatic heterocycles. The number of ketones is 2. The predicted molar refractivity (Wildman–Crippen MR) is 131 cm³/mol. The molecule has 0 bridgehead atoms. The van der Waals surface area contributed by atoms with Crippen LogP contribution in [0.2, 0.25) is 0 Å². The van der Waals surface area contributed by atoms with E-state index < -0.39 is 6.04 Å². The smallest absolute Gasteiger partial charge is 0.255 e. The van der Waals surface area contributed by atoms with E-state index in [9.17, 15) is 14.4 Å². The third kappa shape index (κ3) is 5.39. The highest BCUT2D eigenvalue weighted by atomic mass is 16.5. The lowest BCUT2D eigenvalue weighted by molar-refractivity contribution is -0.126. The number of hydrogen-bond acceptors (Lipinski definition) is 5. The molecular weight excluding hydrogens is 428 g/mol. The molecule has 1 aliphatic carbocycles. The number of Topliss-reactive ketones (excluding diaryl/α,β-unsaturated/α-hetero) is 2. The topological polar surface area (TPSA) is 66.9 Å². The highest BCUT2D eigenvalue weighted by molar-refractivity contribution is 6.02. The van der Waals surface area contributed by atoms with E-state index in [2.05, 4.69) is 43.0 Å². The largest absolute Gasteiger partial charge is 0.489 e. The summed E-state index contributed by atoms with van der Waals surface area (Å²) >= 11 is 0. The van der Waals surface area contributed by atoms with Crippen molar-refractivity contribution in [3.8, 4) is 5.75 Å². The van der Waals surface area contributed by atoms with Crippen LogP contribution in [-0.2, 0) is 29.3 Å². The Hall–Kier alpha value is -2.99. The number of benzene rings is 2. The molecule has 4 rings (SSSR count). The molecule has 0 unspecified atom stereocenters. The van der Waals surface area contributed by atoms with Crippen molar-refractivity contribution in [2.75, 3.05) is 13.1 Å². The molecule has 1 fully saturated rings. The quantitative estimate of drug-likeness (QED) is 0.576. The van der Waals surface area contributed by atoms with E-state index in [0.29, 0.717) is 56.6 Å². The normalized spacial score (nSPS) is 18.7. The molecule has 6 nitrogen and oxygen atoms in total. The zero-order valence-corrected chi connectivity index (χ0v) is 20.2. The Kier molecular flexibility index (Phi) is 7.78. The lowest BCUT2D eigenvalue weighted by Crippen LogP contribution is -2.42. The van der Waals surface area contributed by atoms with Crippen molar-refractivity contribution < 1.29 is 19.1 Å². The Balaban J connectivity index is 1.44. The Bertz CT molecular complexity index is 1040. The highest BCUT2D eigenvalue weighted by Crippen LogP contribution is 2.34. The molecule has 1 atom stereocenters. The monoisotopic (exact) mass is 462 g/mol. The second-order valence-electron chi connectivity index (χ2n) is 9.19. The summed E-state index contributed by atoms with van der Waals surface area (Å²) < 4.78 is 6.14. The van der Waals surface area contributed by atoms with Gasteiger partial charge in [0.2, 0.25) is 0 Å². The van der Waals surface area contributed by atoms with E-state index in [1.54, 1.807) is 11.0 Å². The fraction of sp³-hybridized carbons (Fsp3) is 0.464. The van der Waals surface area contributed by atoms with Gasteiger partial charge < -0.3 is 9.64 Å². The minimum atomic E-state index is -0.532. The van der Waals surface area contributed by atoms with Gasteiger partial charge in [-0.15, -0.1) is 0 Å². The Morgan fingerprint density at radius 1 is 0.941 bits per heavy atom. The first-order valence-electron chi connectivity index (χ1n) is 12.4. The van der Waals surface area contributed by atoms with E-state index in [-0.39, 0.29) is 17.5 Å². The Morgan fingerprint density at radius 3 is 2.41 bits per heavy atom. The van der Waals surface area contributed by atoms with Gasteiger partial charge in [0.05, 0.1) is 12.6 Å². The summed E-state index contributed by atoms with van der Waals surface area (Å²) in [5.41, 5.74) is 3.76. The maximum Gasteiger partial charge on any atom is 0.255 e. The number of hydrogen-bond donors (Lipinski definition) is 0. The predicted octanol–water partition coefficient (Wildman–Crippen LogP) is 4.53. The maximum absolute atomic E-state index is 13.2. The molecule has 1 heterocycles. The molecule has 6 heteroatoms.